The molecule has 3 rings (SSSR count). The molecule has 2 aromatic heterocycles. The highest BCUT2D eigenvalue weighted by Crippen LogP contribution is 2.44. The third-order valence-corrected chi connectivity index (χ3v) is 10.1. The van der Waals surface area contributed by atoms with Gasteiger partial charge in [0.1, 0.15) is 0 Å². The minimum absolute atomic E-state index is 0.866. The molecule has 0 aliphatic carbocycles. The van der Waals surface area contributed by atoms with Gasteiger partial charge in [-0.25, -0.2) is 0 Å². The molecule has 0 amide bonds. The van der Waals surface area contributed by atoms with E-state index in [1.807, 2.05) is 22.7 Å². The maximum Gasteiger partial charge on any atom is 0.0916 e. The van der Waals surface area contributed by atoms with Gasteiger partial charge in [0.2, 0.25) is 0 Å². The first-order valence-corrected chi connectivity index (χ1v) is 15.3. The van der Waals surface area contributed by atoms with Crippen LogP contribution in [0.5, 0.6) is 0 Å². The van der Waals surface area contributed by atoms with Crippen LogP contribution in [0.4, 0.5) is 5.00 Å². The first-order chi connectivity index (χ1) is 16.0. The summed E-state index contributed by atoms with van der Waals surface area (Å²) in [5.41, 5.74) is 3.27. The molecule has 0 bridgehead atoms. The number of fused-ring (bicyclic) bond motifs is 2. The normalized spacial score (nSPS) is 13.8. The topological polar surface area (TPSA) is 3.24 Å². The zero-order valence-electron chi connectivity index (χ0n) is 22.1. The Balaban J connectivity index is 1.98. The first-order valence-electron chi connectivity index (χ1n) is 13.7. The van der Waals surface area contributed by atoms with Crippen molar-refractivity contribution in [3.05, 3.63) is 28.6 Å². The number of rotatable bonds is 15. The Morgan fingerprint density at radius 2 is 1.33 bits per heavy atom. The van der Waals surface area contributed by atoms with E-state index in [4.69, 9.17) is 0 Å². The maximum atomic E-state index is 2.50. The molecule has 2 unspecified atom stereocenters. The zero-order valence-corrected chi connectivity index (χ0v) is 23.8. The Labute approximate surface area is 211 Å². The van der Waals surface area contributed by atoms with Crippen LogP contribution in [0.25, 0.3) is 20.2 Å². The second kappa shape index (κ2) is 13.1. The molecule has 1 aromatic carbocycles. The fourth-order valence-corrected chi connectivity index (χ4v) is 7.56. The van der Waals surface area contributed by atoms with E-state index in [0.717, 1.165) is 11.8 Å². The number of unbranched alkanes of at least 4 members (excludes halogenated alkanes) is 2. The van der Waals surface area contributed by atoms with Gasteiger partial charge >= 0.3 is 0 Å². The second-order valence-corrected chi connectivity index (χ2v) is 12.2. The van der Waals surface area contributed by atoms with Crippen molar-refractivity contribution in [1.82, 2.24) is 0 Å². The van der Waals surface area contributed by atoms with Crippen LogP contribution in [-0.2, 0) is 12.8 Å². The number of hydrogen-bond acceptors (Lipinski definition) is 3. The lowest BCUT2D eigenvalue weighted by molar-refractivity contribution is 0.422. The maximum absolute atomic E-state index is 2.50. The molecule has 2 heterocycles. The van der Waals surface area contributed by atoms with Gasteiger partial charge in [-0.05, 0) is 76.9 Å². The average Bonchev–Trinajstić information content (AvgIpc) is 3.47. The summed E-state index contributed by atoms with van der Waals surface area (Å²) < 4.78 is 3.15. The van der Waals surface area contributed by atoms with E-state index < -0.39 is 0 Å². The number of benzene rings is 1. The van der Waals surface area contributed by atoms with Crippen molar-refractivity contribution in [2.45, 2.75) is 105 Å². The molecule has 0 radical (unpaired) electrons. The highest BCUT2D eigenvalue weighted by atomic mass is 32.1. The number of hydrogen-bond donors (Lipinski definition) is 0. The molecule has 0 spiro atoms. The fourth-order valence-electron chi connectivity index (χ4n) is 5.36. The van der Waals surface area contributed by atoms with Crippen LogP contribution >= 0.6 is 22.7 Å². The molecule has 0 aliphatic rings. The van der Waals surface area contributed by atoms with Gasteiger partial charge in [-0.3, -0.25) is 0 Å². The van der Waals surface area contributed by atoms with E-state index in [2.05, 4.69) is 64.2 Å². The summed E-state index contributed by atoms with van der Waals surface area (Å²) in [6.45, 7) is 9.42. The van der Waals surface area contributed by atoms with Crippen molar-refractivity contribution >= 4 is 47.8 Å². The average molecular weight is 486 g/mol. The summed E-state index contributed by atoms with van der Waals surface area (Å²) in [5, 5.41) is 6.86. The van der Waals surface area contributed by atoms with Gasteiger partial charge in [-0.1, -0.05) is 79.1 Å². The minimum atomic E-state index is 0.866. The zero-order chi connectivity index (χ0) is 23.8. The van der Waals surface area contributed by atoms with Gasteiger partial charge in [0.25, 0.3) is 0 Å². The predicted molar refractivity (Wildman–Crippen MR) is 155 cm³/mol. The van der Waals surface area contributed by atoms with Gasteiger partial charge in [-0.2, -0.15) is 0 Å². The Hall–Kier alpha value is -1.06. The van der Waals surface area contributed by atoms with Crippen molar-refractivity contribution in [3.8, 4) is 0 Å². The number of anilines is 1. The Morgan fingerprint density at radius 1 is 0.758 bits per heavy atom. The summed E-state index contributed by atoms with van der Waals surface area (Å²) in [5.74, 6) is 1.73. The van der Waals surface area contributed by atoms with Crippen LogP contribution in [0.2, 0.25) is 0 Å². The summed E-state index contributed by atoms with van der Waals surface area (Å²) in [6.07, 6.45) is 15.9. The molecule has 1 nitrogen and oxygen atoms in total. The molecular formula is C30H47NS2. The lowest BCUT2D eigenvalue weighted by Crippen LogP contribution is -2.05. The predicted octanol–water partition coefficient (Wildman–Crippen LogP) is 10.5. The molecule has 184 valence electrons. The highest BCUT2D eigenvalue weighted by Gasteiger charge is 2.20. The van der Waals surface area contributed by atoms with Crippen LogP contribution in [0.15, 0.2) is 17.5 Å². The van der Waals surface area contributed by atoms with Crippen LogP contribution in [-0.4, -0.2) is 14.1 Å². The molecule has 0 fully saturated rings. The Morgan fingerprint density at radius 3 is 1.85 bits per heavy atom. The molecular weight excluding hydrogens is 438 g/mol. The van der Waals surface area contributed by atoms with E-state index in [1.165, 1.54) is 82.1 Å². The van der Waals surface area contributed by atoms with Crippen molar-refractivity contribution < 1.29 is 0 Å². The van der Waals surface area contributed by atoms with Crippen molar-refractivity contribution in [2.24, 2.45) is 11.8 Å². The fraction of sp³-hybridized carbons (Fsp3) is 0.667. The second-order valence-electron chi connectivity index (χ2n) is 10.3. The Kier molecular flexibility index (Phi) is 10.6. The summed E-state index contributed by atoms with van der Waals surface area (Å²) in [6, 6.07) is 4.92. The Bertz CT molecular complexity index is 908. The smallest absolute Gasteiger partial charge is 0.0916 e. The van der Waals surface area contributed by atoms with Gasteiger partial charge in [0.15, 0.2) is 0 Å². The van der Waals surface area contributed by atoms with E-state index in [-0.39, 0.29) is 0 Å². The molecule has 0 aliphatic heterocycles. The molecule has 3 aromatic rings. The van der Waals surface area contributed by atoms with E-state index in [1.54, 1.807) is 31.3 Å². The van der Waals surface area contributed by atoms with Crippen LogP contribution in [0.3, 0.4) is 0 Å². The van der Waals surface area contributed by atoms with E-state index >= 15 is 0 Å². The highest BCUT2D eigenvalue weighted by molar-refractivity contribution is 7.23. The van der Waals surface area contributed by atoms with Crippen molar-refractivity contribution in [2.75, 3.05) is 19.0 Å². The van der Waals surface area contributed by atoms with Gasteiger partial charge in [0, 0.05) is 23.5 Å². The summed E-state index contributed by atoms with van der Waals surface area (Å²) in [7, 11) is 4.39. The minimum Gasteiger partial charge on any atom is -0.370 e. The van der Waals surface area contributed by atoms with Crippen molar-refractivity contribution in [3.63, 3.8) is 0 Å². The van der Waals surface area contributed by atoms with Gasteiger partial charge < -0.3 is 4.90 Å². The van der Waals surface area contributed by atoms with E-state index in [9.17, 15) is 0 Å². The molecule has 0 saturated heterocycles. The standard InChI is InChI=1S/C30H47NS2/c1-7-11-13-22(9-3)15-17-24-26-19-20-32-29(26)25(18-16-23(10-4)14-12-8-2)27-21-28(31(5)6)33-30(24)27/h19-23H,7-18H2,1-6H3. The van der Waals surface area contributed by atoms with Crippen LogP contribution in [0.1, 0.15) is 103 Å². The SMILES string of the molecule is CCCCC(CC)CCc1c2cc(N(C)C)sc2c(CCC(CC)CCCC)c2ccsc12. The lowest BCUT2D eigenvalue weighted by Gasteiger charge is -2.18. The largest absolute Gasteiger partial charge is 0.370 e. The van der Waals surface area contributed by atoms with Crippen molar-refractivity contribution in [1.29, 1.82) is 0 Å². The number of aryl methyl sites for hydroxylation is 2. The number of nitrogens with zero attached hydrogens (tertiary/aromatic N) is 1. The van der Waals surface area contributed by atoms with Gasteiger partial charge in [-0.15, -0.1) is 22.7 Å². The lowest BCUT2D eigenvalue weighted by atomic mass is 9.88. The monoisotopic (exact) mass is 485 g/mol. The van der Waals surface area contributed by atoms with Gasteiger partial charge in [0.05, 0.1) is 5.00 Å². The van der Waals surface area contributed by atoms with Crippen LogP contribution < -0.4 is 4.90 Å². The molecule has 3 heteroatoms. The quantitative estimate of drug-likeness (QED) is 0.207. The van der Waals surface area contributed by atoms with Crippen LogP contribution in [0, 0.1) is 11.8 Å². The van der Waals surface area contributed by atoms with E-state index in [0.29, 0.717) is 0 Å². The first kappa shape index (κ1) is 26.5. The molecule has 33 heavy (non-hydrogen) atoms. The molecule has 2 atom stereocenters. The molecule has 0 saturated carbocycles. The number of thiophene rings is 2. The summed E-state index contributed by atoms with van der Waals surface area (Å²) >= 11 is 4.01. The third-order valence-electron chi connectivity index (χ3n) is 7.72. The third kappa shape index (κ3) is 6.54. The molecule has 0 N–H and O–H groups in total. The summed E-state index contributed by atoms with van der Waals surface area (Å²) in [4.78, 5) is 2.30.